The van der Waals surface area contributed by atoms with E-state index < -0.39 is 27.1 Å². The summed E-state index contributed by atoms with van der Waals surface area (Å²) in [6.07, 6.45) is -1.77. The molecule has 3 aliphatic heterocycles. The first-order valence-corrected chi connectivity index (χ1v) is 13.0. The van der Waals surface area contributed by atoms with E-state index >= 15 is 0 Å². The van der Waals surface area contributed by atoms with Crippen LogP contribution in [-0.2, 0) is 32.0 Å². The molecule has 5 rings (SSSR count). The molecule has 1 N–H and O–H groups in total. The van der Waals surface area contributed by atoms with Crippen LogP contribution in [0.1, 0.15) is 24.0 Å². The lowest BCUT2D eigenvalue weighted by molar-refractivity contribution is -0.142. The quantitative estimate of drug-likeness (QED) is 0.680. The number of morpholine rings is 1. The van der Waals surface area contributed by atoms with E-state index in [1.807, 2.05) is 0 Å². The van der Waals surface area contributed by atoms with Gasteiger partial charge in [-0.25, -0.2) is 13.2 Å². The normalized spacial score (nSPS) is 23.8. The maximum atomic E-state index is 13.2. The van der Waals surface area contributed by atoms with Gasteiger partial charge in [0.1, 0.15) is 6.61 Å². The molecule has 1 aliphatic carbocycles. The number of sulfone groups is 1. The summed E-state index contributed by atoms with van der Waals surface area (Å²) < 4.78 is 68.7. The largest absolute Gasteiger partial charge is 0.416 e. The fourth-order valence-electron chi connectivity index (χ4n) is 5.85. The average molecular weight is 502 g/mol. The maximum Gasteiger partial charge on any atom is 0.416 e. The Kier molecular flexibility index (Phi) is 5.22. The molecule has 4 aliphatic rings. The van der Waals surface area contributed by atoms with Crippen LogP contribution in [0.3, 0.4) is 0 Å². The maximum absolute atomic E-state index is 13.2. The highest BCUT2D eigenvalue weighted by Crippen LogP contribution is 2.53. The van der Waals surface area contributed by atoms with Crippen LogP contribution in [0.15, 0.2) is 23.1 Å². The smallest absolute Gasteiger partial charge is 0.369 e. The number of ether oxygens (including phenoxy) is 1. The van der Waals surface area contributed by atoms with Crippen LogP contribution in [0.2, 0.25) is 0 Å². The Morgan fingerprint density at radius 1 is 1.15 bits per heavy atom. The van der Waals surface area contributed by atoms with Gasteiger partial charge in [-0.3, -0.25) is 4.79 Å². The number of amides is 3. The summed E-state index contributed by atoms with van der Waals surface area (Å²) in [6.45, 7) is 2.48. The number of rotatable bonds is 3. The van der Waals surface area contributed by atoms with E-state index in [-0.39, 0.29) is 34.8 Å². The summed E-state index contributed by atoms with van der Waals surface area (Å²) in [5.41, 5.74) is -1.08. The molecule has 0 atom stereocenters. The highest BCUT2D eigenvalue weighted by Gasteiger charge is 2.56. The molecule has 3 heterocycles. The topological polar surface area (TPSA) is 96.0 Å². The number of hydrogen-bond donors (Lipinski definition) is 1. The molecule has 0 aromatic heterocycles. The predicted octanol–water partition coefficient (Wildman–Crippen LogP) is 1.68. The molecule has 34 heavy (non-hydrogen) atoms. The van der Waals surface area contributed by atoms with Crippen LogP contribution in [0.5, 0.6) is 0 Å². The van der Waals surface area contributed by atoms with Crippen molar-refractivity contribution in [1.82, 2.24) is 15.1 Å². The SMILES string of the molecule is CS(=O)(=O)c1cc(CC2CC3(C2)CN(C(=O)N2CC4(COCC(=O)N4)C2)C3)cc(C(F)(F)F)c1. The molecule has 1 saturated carbocycles. The van der Waals surface area contributed by atoms with Gasteiger partial charge in [-0.15, -0.1) is 0 Å². The number of hydrogen-bond acceptors (Lipinski definition) is 5. The van der Waals surface area contributed by atoms with Crippen LogP contribution in [0.4, 0.5) is 18.0 Å². The van der Waals surface area contributed by atoms with Gasteiger partial charge in [-0.1, -0.05) is 0 Å². The zero-order valence-corrected chi connectivity index (χ0v) is 19.5. The van der Waals surface area contributed by atoms with Crippen LogP contribution in [-0.4, -0.2) is 81.3 Å². The molecule has 3 saturated heterocycles. The molecular weight excluding hydrogens is 475 g/mol. The van der Waals surface area contributed by atoms with Crippen molar-refractivity contribution in [2.24, 2.45) is 11.3 Å². The Labute approximate surface area is 195 Å². The molecular formula is C22H26F3N3O5S. The lowest BCUT2D eigenvalue weighted by Crippen LogP contribution is -2.78. The first-order chi connectivity index (χ1) is 15.8. The van der Waals surface area contributed by atoms with Gasteiger partial charge in [-0.2, -0.15) is 13.2 Å². The fourth-order valence-corrected chi connectivity index (χ4v) is 6.56. The Bertz CT molecular complexity index is 1130. The van der Waals surface area contributed by atoms with Gasteiger partial charge in [0.2, 0.25) is 5.91 Å². The number of alkyl halides is 3. The number of carbonyl (C=O) groups is 2. The second kappa shape index (κ2) is 7.58. The molecule has 12 heteroatoms. The van der Waals surface area contributed by atoms with Crippen molar-refractivity contribution in [3.63, 3.8) is 0 Å². The Hall–Kier alpha value is -2.34. The van der Waals surface area contributed by atoms with E-state index in [1.54, 1.807) is 9.80 Å². The van der Waals surface area contributed by atoms with Gasteiger partial charge in [0, 0.05) is 37.8 Å². The van der Waals surface area contributed by atoms with Crippen LogP contribution < -0.4 is 5.32 Å². The van der Waals surface area contributed by atoms with Gasteiger partial charge in [0.05, 0.1) is 22.6 Å². The molecule has 0 radical (unpaired) electrons. The molecule has 4 fully saturated rings. The summed E-state index contributed by atoms with van der Waals surface area (Å²) in [4.78, 5) is 27.4. The number of halogens is 3. The standard InChI is InChI=1S/C22H26F3N3O5S/c1-34(31,32)17-4-14(3-16(5-17)22(23,24)25)2-15-6-20(7-15)9-27(10-20)19(30)28-11-21(12-28)13-33-8-18(29)26-21/h3-5,15H,2,6-13H2,1H3,(H,26,29). The Morgan fingerprint density at radius 2 is 1.79 bits per heavy atom. The zero-order valence-electron chi connectivity index (χ0n) is 18.7. The Morgan fingerprint density at radius 3 is 2.38 bits per heavy atom. The summed E-state index contributed by atoms with van der Waals surface area (Å²) in [7, 11) is -3.76. The van der Waals surface area contributed by atoms with E-state index in [9.17, 15) is 31.2 Å². The van der Waals surface area contributed by atoms with E-state index in [2.05, 4.69) is 5.32 Å². The predicted molar refractivity (Wildman–Crippen MR) is 114 cm³/mol. The van der Waals surface area contributed by atoms with Crippen LogP contribution in [0.25, 0.3) is 0 Å². The minimum atomic E-state index is -4.62. The van der Waals surface area contributed by atoms with Crippen LogP contribution in [0, 0.1) is 11.3 Å². The molecule has 8 nitrogen and oxygen atoms in total. The first-order valence-electron chi connectivity index (χ1n) is 11.1. The highest BCUT2D eigenvalue weighted by molar-refractivity contribution is 7.90. The van der Waals surface area contributed by atoms with Crippen molar-refractivity contribution >= 4 is 21.8 Å². The molecule has 0 bridgehead atoms. The van der Waals surface area contributed by atoms with Gasteiger partial charge < -0.3 is 19.9 Å². The highest BCUT2D eigenvalue weighted by atomic mass is 32.2. The molecule has 1 aromatic carbocycles. The molecule has 2 spiro atoms. The van der Waals surface area contributed by atoms with Crippen molar-refractivity contribution < 1.29 is 35.9 Å². The lowest BCUT2D eigenvalue weighted by Gasteiger charge is -2.61. The van der Waals surface area contributed by atoms with E-state index in [0.717, 1.165) is 25.2 Å². The van der Waals surface area contributed by atoms with Gasteiger partial charge in [-0.05, 0) is 48.9 Å². The second-order valence-corrected chi connectivity index (χ2v) is 12.4. The number of nitrogens with one attached hydrogen (secondary N) is 1. The molecule has 3 amide bonds. The van der Waals surface area contributed by atoms with Crippen LogP contribution >= 0.6 is 0 Å². The van der Waals surface area contributed by atoms with Gasteiger partial charge in [0.15, 0.2) is 9.84 Å². The number of urea groups is 1. The van der Waals surface area contributed by atoms with E-state index in [0.29, 0.717) is 50.8 Å². The van der Waals surface area contributed by atoms with E-state index in [1.165, 1.54) is 6.07 Å². The number of carbonyl (C=O) groups excluding carboxylic acids is 2. The number of nitrogens with zero attached hydrogens (tertiary/aromatic N) is 2. The van der Waals surface area contributed by atoms with Crippen molar-refractivity contribution in [2.45, 2.75) is 35.9 Å². The Balaban J connectivity index is 1.14. The molecule has 0 unspecified atom stereocenters. The summed E-state index contributed by atoms with van der Waals surface area (Å²) >= 11 is 0. The third-order valence-electron chi connectivity index (χ3n) is 7.29. The number of likely N-dealkylation sites (tertiary alicyclic amines) is 2. The summed E-state index contributed by atoms with van der Waals surface area (Å²) in [5.74, 6) is -0.0267. The van der Waals surface area contributed by atoms with Crippen molar-refractivity contribution in [1.29, 1.82) is 0 Å². The van der Waals surface area contributed by atoms with Crippen molar-refractivity contribution in [3.05, 3.63) is 29.3 Å². The zero-order chi connectivity index (χ0) is 24.5. The summed E-state index contributed by atoms with van der Waals surface area (Å²) in [6, 6.07) is 2.97. The minimum absolute atomic E-state index is 0.00759. The van der Waals surface area contributed by atoms with E-state index in [4.69, 9.17) is 4.74 Å². The second-order valence-electron chi connectivity index (χ2n) is 10.4. The van der Waals surface area contributed by atoms with Crippen molar-refractivity contribution in [3.8, 4) is 0 Å². The van der Waals surface area contributed by atoms with Gasteiger partial charge >= 0.3 is 12.2 Å². The third kappa shape index (κ3) is 4.26. The fraction of sp³-hybridized carbons (Fsp3) is 0.636. The summed E-state index contributed by atoms with van der Waals surface area (Å²) in [5, 5.41) is 2.90. The lowest BCUT2D eigenvalue weighted by atomic mass is 9.56. The van der Waals surface area contributed by atoms with Gasteiger partial charge in [0.25, 0.3) is 0 Å². The third-order valence-corrected chi connectivity index (χ3v) is 8.38. The molecule has 186 valence electrons. The molecule has 1 aromatic rings. The monoisotopic (exact) mass is 501 g/mol. The average Bonchev–Trinajstić information content (AvgIpc) is 2.64. The number of benzene rings is 1. The first kappa shape index (κ1) is 23.4. The minimum Gasteiger partial charge on any atom is -0.369 e. The van der Waals surface area contributed by atoms with Crippen molar-refractivity contribution in [2.75, 3.05) is 45.6 Å².